The van der Waals surface area contributed by atoms with Gasteiger partial charge in [-0.05, 0) is 49.5 Å². The lowest BCUT2D eigenvalue weighted by Crippen LogP contribution is -2.48. The highest BCUT2D eigenvalue weighted by atomic mass is 16.2. The molecule has 0 saturated carbocycles. The molecule has 0 aromatic heterocycles. The first kappa shape index (κ1) is 19.7. The molecule has 2 amide bonds. The third kappa shape index (κ3) is 3.64. The molecule has 5 nitrogen and oxygen atoms in total. The van der Waals surface area contributed by atoms with Crippen molar-refractivity contribution in [2.45, 2.75) is 66.2 Å². The van der Waals surface area contributed by atoms with E-state index in [4.69, 9.17) is 0 Å². The summed E-state index contributed by atoms with van der Waals surface area (Å²) in [6, 6.07) is 0. The van der Waals surface area contributed by atoms with Crippen molar-refractivity contribution >= 4 is 11.8 Å². The molecular weight excluding hydrogens is 326 g/mol. The van der Waals surface area contributed by atoms with Crippen LogP contribution in [-0.2, 0) is 9.59 Å². The quantitative estimate of drug-likeness (QED) is 0.817. The summed E-state index contributed by atoms with van der Waals surface area (Å²) in [5.74, 6) is 0.391. The molecule has 0 aromatic rings. The second kappa shape index (κ2) is 7.14. The molecule has 0 spiro atoms. The monoisotopic (exact) mass is 363 g/mol. The largest absolute Gasteiger partial charge is 0.342 e. The van der Waals surface area contributed by atoms with Gasteiger partial charge in [-0.3, -0.25) is 9.59 Å². The van der Waals surface area contributed by atoms with Crippen LogP contribution in [-0.4, -0.2) is 60.9 Å². The Hall–Kier alpha value is -1.10. The molecule has 26 heavy (non-hydrogen) atoms. The highest BCUT2D eigenvalue weighted by molar-refractivity contribution is 5.90. The van der Waals surface area contributed by atoms with Crippen LogP contribution in [0.4, 0.5) is 0 Å². The van der Waals surface area contributed by atoms with Crippen LogP contribution in [0.25, 0.3) is 0 Å². The molecule has 0 aliphatic carbocycles. The molecule has 0 radical (unpaired) electrons. The van der Waals surface area contributed by atoms with Crippen molar-refractivity contribution in [1.29, 1.82) is 0 Å². The Morgan fingerprint density at radius 1 is 0.923 bits per heavy atom. The van der Waals surface area contributed by atoms with Gasteiger partial charge in [-0.25, -0.2) is 0 Å². The van der Waals surface area contributed by atoms with Crippen molar-refractivity contribution in [3.05, 3.63) is 0 Å². The predicted molar refractivity (Wildman–Crippen MR) is 104 cm³/mol. The first-order chi connectivity index (χ1) is 12.2. The van der Waals surface area contributed by atoms with E-state index < -0.39 is 5.41 Å². The van der Waals surface area contributed by atoms with Crippen molar-refractivity contribution in [3.8, 4) is 0 Å². The summed E-state index contributed by atoms with van der Waals surface area (Å²) < 4.78 is 0. The Balaban J connectivity index is 1.69. The molecule has 148 valence electrons. The molecule has 0 bridgehead atoms. The number of nitrogens with one attached hydrogen (secondary N) is 1. The number of likely N-dealkylation sites (tertiary alicyclic amines) is 2. The topological polar surface area (TPSA) is 52.7 Å². The van der Waals surface area contributed by atoms with E-state index in [-0.39, 0.29) is 22.6 Å². The van der Waals surface area contributed by atoms with Gasteiger partial charge in [0.15, 0.2) is 0 Å². The number of nitrogens with zero attached hydrogens (tertiary/aromatic N) is 2. The molecule has 3 fully saturated rings. The number of carbonyl (C=O) groups is 2. The van der Waals surface area contributed by atoms with E-state index in [1.165, 1.54) is 0 Å². The standard InChI is InChI=1S/C21H37N3O2/c1-5-19(3)8-11-23(15-19)17(25)13-21(7-10-22-14-21)18(26)24-12-9-20(4,6-2)16-24/h22H,5-16H2,1-4H3. The smallest absolute Gasteiger partial charge is 0.230 e. The SMILES string of the molecule is CCC1(C)CCN(C(=O)CC2(C(=O)N3CCC(C)(CC)C3)CCNC2)C1. The van der Waals surface area contributed by atoms with Gasteiger partial charge in [-0.2, -0.15) is 0 Å². The Labute approximate surface area is 158 Å². The third-order valence-corrected chi connectivity index (χ3v) is 7.65. The predicted octanol–water partition coefficient (Wildman–Crippen LogP) is 2.65. The Kier molecular flexibility index (Phi) is 5.40. The zero-order valence-electron chi connectivity index (χ0n) is 17.2. The van der Waals surface area contributed by atoms with Crippen LogP contribution in [0.2, 0.25) is 0 Å². The minimum absolute atomic E-state index is 0.177. The van der Waals surface area contributed by atoms with E-state index in [1.54, 1.807) is 0 Å². The summed E-state index contributed by atoms with van der Waals surface area (Å²) in [7, 11) is 0. The van der Waals surface area contributed by atoms with E-state index in [0.717, 1.165) is 64.8 Å². The molecule has 3 unspecified atom stereocenters. The van der Waals surface area contributed by atoms with Gasteiger partial charge in [0.25, 0.3) is 0 Å². The lowest BCUT2D eigenvalue weighted by atomic mass is 9.81. The fraction of sp³-hybridized carbons (Fsp3) is 0.905. The van der Waals surface area contributed by atoms with Gasteiger partial charge >= 0.3 is 0 Å². The van der Waals surface area contributed by atoms with Gasteiger partial charge in [0.1, 0.15) is 0 Å². The van der Waals surface area contributed by atoms with Gasteiger partial charge in [0.2, 0.25) is 11.8 Å². The molecule has 3 aliphatic heterocycles. The molecule has 3 rings (SSSR count). The maximum atomic E-state index is 13.4. The van der Waals surface area contributed by atoms with Crippen LogP contribution in [0.15, 0.2) is 0 Å². The van der Waals surface area contributed by atoms with Crippen LogP contribution in [0.5, 0.6) is 0 Å². The molecule has 3 aliphatic rings. The Morgan fingerprint density at radius 3 is 2.00 bits per heavy atom. The minimum Gasteiger partial charge on any atom is -0.342 e. The molecule has 0 aromatic carbocycles. The molecule has 3 heterocycles. The molecule has 3 atom stereocenters. The molecule has 1 N–H and O–H groups in total. The van der Waals surface area contributed by atoms with Crippen LogP contribution in [0.1, 0.15) is 66.2 Å². The molecular formula is C21H37N3O2. The van der Waals surface area contributed by atoms with Gasteiger partial charge in [-0.15, -0.1) is 0 Å². The van der Waals surface area contributed by atoms with Crippen molar-refractivity contribution < 1.29 is 9.59 Å². The number of hydrogen-bond acceptors (Lipinski definition) is 3. The van der Waals surface area contributed by atoms with E-state index >= 15 is 0 Å². The zero-order valence-corrected chi connectivity index (χ0v) is 17.2. The molecule has 5 heteroatoms. The number of carbonyl (C=O) groups excluding carboxylic acids is 2. The summed E-state index contributed by atoms with van der Waals surface area (Å²) >= 11 is 0. The average molecular weight is 364 g/mol. The number of amides is 2. The maximum Gasteiger partial charge on any atom is 0.230 e. The van der Waals surface area contributed by atoms with Crippen molar-refractivity contribution in [3.63, 3.8) is 0 Å². The lowest BCUT2D eigenvalue weighted by molar-refractivity contribution is -0.146. The van der Waals surface area contributed by atoms with E-state index in [2.05, 4.69) is 33.0 Å². The van der Waals surface area contributed by atoms with Crippen LogP contribution in [0.3, 0.4) is 0 Å². The van der Waals surface area contributed by atoms with E-state index in [1.807, 2.05) is 9.80 Å². The first-order valence-corrected chi connectivity index (χ1v) is 10.5. The van der Waals surface area contributed by atoms with Crippen LogP contribution in [0, 0.1) is 16.2 Å². The number of hydrogen-bond donors (Lipinski definition) is 1. The van der Waals surface area contributed by atoms with Crippen molar-refractivity contribution in [2.24, 2.45) is 16.2 Å². The minimum atomic E-state index is -0.527. The lowest BCUT2D eigenvalue weighted by Gasteiger charge is -2.34. The summed E-state index contributed by atoms with van der Waals surface area (Å²) in [4.78, 5) is 30.5. The van der Waals surface area contributed by atoms with E-state index in [0.29, 0.717) is 13.0 Å². The zero-order chi connectivity index (χ0) is 19.0. The Morgan fingerprint density at radius 2 is 1.50 bits per heavy atom. The van der Waals surface area contributed by atoms with Crippen molar-refractivity contribution in [2.75, 3.05) is 39.3 Å². The maximum absolute atomic E-state index is 13.4. The highest BCUT2D eigenvalue weighted by Crippen LogP contribution is 2.40. The van der Waals surface area contributed by atoms with Gasteiger partial charge < -0.3 is 15.1 Å². The molecule has 3 saturated heterocycles. The van der Waals surface area contributed by atoms with Crippen molar-refractivity contribution in [1.82, 2.24) is 15.1 Å². The normalized spacial score (nSPS) is 37.5. The second-order valence-corrected chi connectivity index (χ2v) is 9.75. The highest BCUT2D eigenvalue weighted by Gasteiger charge is 2.49. The summed E-state index contributed by atoms with van der Waals surface area (Å²) in [6.45, 7) is 13.8. The fourth-order valence-corrected chi connectivity index (χ4v) is 4.90. The number of rotatable bonds is 5. The average Bonchev–Trinajstić information content (AvgIpc) is 3.35. The van der Waals surface area contributed by atoms with Gasteiger partial charge in [0.05, 0.1) is 5.41 Å². The summed E-state index contributed by atoms with van der Waals surface area (Å²) in [6.07, 6.45) is 5.52. The second-order valence-electron chi connectivity index (χ2n) is 9.75. The summed E-state index contributed by atoms with van der Waals surface area (Å²) in [5.41, 5.74) is -0.0370. The van der Waals surface area contributed by atoms with Crippen LogP contribution >= 0.6 is 0 Å². The van der Waals surface area contributed by atoms with Gasteiger partial charge in [0, 0.05) is 39.1 Å². The first-order valence-electron chi connectivity index (χ1n) is 10.5. The third-order valence-electron chi connectivity index (χ3n) is 7.65. The van der Waals surface area contributed by atoms with E-state index in [9.17, 15) is 9.59 Å². The summed E-state index contributed by atoms with van der Waals surface area (Å²) in [5, 5.41) is 3.36. The Bertz CT molecular complexity index is 557. The fourth-order valence-electron chi connectivity index (χ4n) is 4.90. The van der Waals surface area contributed by atoms with Gasteiger partial charge in [-0.1, -0.05) is 27.7 Å². The van der Waals surface area contributed by atoms with Crippen LogP contribution < -0.4 is 5.32 Å².